The molecule has 1 rings (SSSR count). The van der Waals surface area contributed by atoms with Gasteiger partial charge < -0.3 is 10.4 Å². The molecule has 0 aliphatic carbocycles. The van der Waals surface area contributed by atoms with Crippen LogP contribution in [0.2, 0.25) is 0 Å². The van der Waals surface area contributed by atoms with Crippen molar-refractivity contribution < 1.29 is 10.3 Å². The monoisotopic (exact) mass is 146 g/mol. The van der Waals surface area contributed by atoms with Gasteiger partial charge in [0.05, 0.1) is 0 Å². The maximum absolute atomic E-state index is 10.9. The topological polar surface area (TPSA) is 55.0 Å². The highest BCUT2D eigenvalue weighted by atomic mass is 16.7. The molecule has 0 bridgehead atoms. The fourth-order valence-corrected chi connectivity index (χ4v) is 1.21. The van der Waals surface area contributed by atoms with Crippen molar-refractivity contribution in [2.75, 3.05) is 13.1 Å². The number of nitrogens with one attached hydrogen (secondary N) is 2. The molecule has 0 amide bonds. The van der Waals surface area contributed by atoms with Crippen LogP contribution in [0, 0.1) is 15.8 Å². The van der Waals surface area contributed by atoms with Crippen molar-refractivity contribution in [3.8, 4) is 0 Å². The lowest BCUT2D eigenvalue weighted by Crippen LogP contribution is -3.57. The SMILES string of the molecule is CC1(C)CC[NH+]([O-])[NH+]([O-])C1. The Hall–Kier alpha value is -0.160. The van der Waals surface area contributed by atoms with E-state index in [1.165, 1.54) is 0 Å². The molecular formula is C6H14N2O2. The predicted octanol–water partition coefficient (Wildman–Crippen LogP) is -1.90. The highest BCUT2D eigenvalue weighted by molar-refractivity contribution is 4.66. The molecule has 0 spiro atoms. The molecule has 60 valence electrons. The maximum atomic E-state index is 10.9. The Morgan fingerprint density at radius 3 is 2.20 bits per heavy atom. The molecule has 0 radical (unpaired) electrons. The molecule has 2 N–H and O–H groups in total. The lowest BCUT2D eigenvalue weighted by Gasteiger charge is -2.42. The minimum absolute atomic E-state index is 0.0605. The Bertz CT molecular complexity index is 127. The summed E-state index contributed by atoms with van der Waals surface area (Å²) in [6, 6.07) is 0. The highest BCUT2D eigenvalue weighted by Crippen LogP contribution is 2.16. The summed E-state index contributed by atoms with van der Waals surface area (Å²) in [5.41, 5.74) is 0.0605. The minimum Gasteiger partial charge on any atom is -0.584 e. The van der Waals surface area contributed by atoms with Gasteiger partial charge in [0.1, 0.15) is 13.1 Å². The first-order valence-electron chi connectivity index (χ1n) is 3.57. The quantitative estimate of drug-likeness (QED) is 0.392. The van der Waals surface area contributed by atoms with E-state index in [0.717, 1.165) is 6.42 Å². The Labute approximate surface area is 60.5 Å². The smallest absolute Gasteiger partial charge is 0.126 e. The second-order valence-corrected chi connectivity index (χ2v) is 3.69. The van der Waals surface area contributed by atoms with Crippen LogP contribution in [0.3, 0.4) is 0 Å². The third-order valence-electron chi connectivity index (χ3n) is 1.98. The van der Waals surface area contributed by atoms with Crippen LogP contribution in [0.4, 0.5) is 0 Å². The summed E-state index contributed by atoms with van der Waals surface area (Å²) in [5, 5.41) is 21.2. The Morgan fingerprint density at radius 1 is 1.20 bits per heavy atom. The van der Waals surface area contributed by atoms with Gasteiger partial charge in [-0.25, -0.2) is 10.3 Å². The molecule has 1 heterocycles. The first kappa shape index (κ1) is 7.94. The van der Waals surface area contributed by atoms with E-state index in [4.69, 9.17) is 0 Å². The molecule has 0 aromatic heterocycles. The normalized spacial score (nSPS) is 39.6. The fourth-order valence-electron chi connectivity index (χ4n) is 1.21. The first-order chi connectivity index (χ1) is 4.51. The molecular weight excluding hydrogens is 132 g/mol. The molecule has 1 aliphatic heterocycles. The zero-order chi connectivity index (χ0) is 7.78. The van der Waals surface area contributed by atoms with Crippen molar-refractivity contribution in [2.24, 2.45) is 5.41 Å². The number of rotatable bonds is 0. The van der Waals surface area contributed by atoms with Crippen LogP contribution in [0.5, 0.6) is 0 Å². The minimum atomic E-state index is -0.184. The summed E-state index contributed by atoms with van der Waals surface area (Å²) in [4.78, 5) is 0. The second kappa shape index (κ2) is 2.47. The van der Waals surface area contributed by atoms with E-state index in [2.05, 4.69) is 0 Å². The van der Waals surface area contributed by atoms with Gasteiger partial charge in [-0.2, -0.15) is 0 Å². The molecule has 10 heavy (non-hydrogen) atoms. The highest BCUT2D eigenvalue weighted by Gasteiger charge is 2.30. The van der Waals surface area contributed by atoms with Crippen LogP contribution in [-0.2, 0) is 0 Å². The van der Waals surface area contributed by atoms with E-state index < -0.39 is 0 Å². The van der Waals surface area contributed by atoms with E-state index in [0.29, 0.717) is 13.1 Å². The summed E-state index contributed by atoms with van der Waals surface area (Å²) in [7, 11) is 0. The van der Waals surface area contributed by atoms with Crippen LogP contribution >= 0.6 is 0 Å². The third kappa shape index (κ3) is 1.67. The Morgan fingerprint density at radius 2 is 1.80 bits per heavy atom. The summed E-state index contributed by atoms with van der Waals surface area (Å²) in [6.45, 7) is 4.94. The fraction of sp³-hybridized carbons (Fsp3) is 1.00. The van der Waals surface area contributed by atoms with Crippen molar-refractivity contribution in [2.45, 2.75) is 20.3 Å². The van der Waals surface area contributed by atoms with Crippen molar-refractivity contribution in [3.05, 3.63) is 10.4 Å². The lowest BCUT2D eigenvalue weighted by atomic mass is 9.88. The van der Waals surface area contributed by atoms with Gasteiger partial charge in [-0.15, -0.1) is 0 Å². The summed E-state index contributed by atoms with van der Waals surface area (Å²) in [6.07, 6.45) is 0.859. The molecule has 0 aromatic rings. The van der Waals surface area contributed by atoms with Gasteiger partial charge in [-0.05, 0) is 0 Å². The predicted molar refractivity (Wildman–Crippen MR) is 36.8 cm³/mol. The molecule has 4 nitrogen and oxygen atoms in total. The second-order valence-electron chi connectivity index (χ2n) is 3.69. The number of hydrogen-bond donors (Lipinski definition) is 2. The largest absolute Gasteiger partial charge is 0.584 e. The number of quaternary nitrogens is 2. The standard InChI is InChI=1S/C6H14N2O2/c1-6(2)3-4-7(9)8(10)5-6/h7-8H,3-5H2,1-2H3. The van der Waals surface area contributed by atoms with Crippen LogP contribution in [-0.4, -0.2) is 13.1 Å². The molecule has 1 saturated heterocycles. The number of hydroxylamine groups is 2. The van der Waals surface area contributed by atoms with Gasteiger partial charge in [0.15, 0.2) is 0 Å². The summed E-state index contributed by atoms with van der Waals surface area (Å²) in [5.74, 6) is 0. The average Bonchev–Trinajstić information content (AvgIpc) is 1.79. The molecule has 0 aromatic carbocycles. The van der Waals surface area contributed by atoms with Crippen molar-refractivity contribution in [1.82, 2.24) is 0 Å². The van der Waals surface area contributed by atoms with E-state index in [1.54, 1.807) is 0 Å². The first-order valence-corrected chi connectivity index (χ1v) is 3.57. The van der Waals surface area contributed by atoms with E-state index >= 15 is 0 Å². The van der Waals surface area contributed by atoms with Gasteiger partial charge in [0.25, 0.3) is 0 Å². The summed E-state index contributed by atoms with van der Waals surface area (Å²) >= 11 is 0. The maximum Gasteiger partial charge on any atom is 0.126 e. The zero-order valence-corrected chi connectivity index (χ0v) is 6.44. The Kier molecular flexibility index (Phi) is 1.96. The van der Waals surface area contributed by atoms with Gasteiger partial charge in [0, 0.05) is 11.8 Å². The van der Waals surface area contributed by atoms with Crippen molar-refractivity contribution >= 4 is 0 Å². The van der Waals surface area contributed by atoms with Crippen LogP contribution in [0.1, 0.15) is 20.3 Å². The van der Waals surface area contributed by atoms with Crippen LogP contribution in [0.25, 0.3) is 0 Å². The lowest BCUT2D eigenvalue weighted by molar-refractivity contribution is -1.47. The van der Waals surface area contributed by atoms with Gasteiger partial charge in [-0.1, -0.05) is 13.8 Å². The molecule has 1 fully saturated rings. The third-order valence-corrected chi connectivity index (χ3v) is 1.98. The van der Waals surface area contributed by atoms with Gasteiger partial charge in [0.2, 0.25) is 0 Å². The average molecular weight is 146 g/mol. The van der Waals surface area contributed by atoms with E-state index in [1.807, 2.05) is 13.8 Å². The van der Waals surface area contributed by atoms with Gasteiger partial charge in [-0.3, -0.25) is 0 Å². The molecule has 4 heteroatoms. The van der Waals surface area contributed by atoms with E-state index in [-0.39, 0.29) is 15.8 Å². The zero-order valence-electron chi connectivity index (χ0n) is 6.44. The molecule has 2 atom stereocenters. The van der Waals surface area contributed by atoms with Crippen molar-refractivity contribution in [1.29, 1.82) is 0 Å². The number of hydrogen-bond acceptors (Lipinski definition) is 2. The summed E-state index contributed by atoms with van der Waals surface area (Å²) < 4.78 is 0. The Balaban J connectivity index is 2.49. The van der Waals surface area contributed by atoms with Crippen molar-refractivity contribution in [3.63, 3.8) is 0 Å². The van der Waals surface area contributed by atoms with Gasteiger partial charge >= 0.3 is 0 Å². The van der Waals surface area contributed by atoms with Crippen LogP contribution < -0.4 is 10.3 Å². The van der Waals surface area contributed by atoms with E-state index in [9.17, 15) is 10.4 Å². The van der Waals surface area contributed by atoms with Crippen LogP contribution in [0.15, 0.2) is 0 Å². The molecule has 2 unspecified atom stereocenters. The molecule has 0 saturated carbocycles. The molecule has 1 aliphatic rings.